The zero-order chi connectivity index (χ0) is 22.3. The van der Waals surface area contributed by atoms with E-state index in [0.29, 0.717) is 5.82 Å². The van der Waals surface area contributed by atoms with Gasteiger partial charge < -0.3 is 15.8 Å². The summed E-state index contributed by atoms with van der Waals surface area (Å²) in [5.74, 6) is 2.54. The van der Waals surface area contributed by atoms with Gasteiger partial charge in [0.1, 0.15) is 23.6 Å². The molecule has 0 unspecified atom stereocenters. The van der Waals surface area contributed by atoms with E-state index in [1.54, 1.807) is 13.3 Å². The van der Waals surface area contributed by atoms with Crippen LogP contribution in [0.3, 0.4) is 0 Å². The fraction of sp³-hybridized carbons (Fsp3) is 0.0833. The highest BCUT2D eigenvalue weighted by Crippen LogP contribution is 2.29. The molecule has 0 aliphatic carbocycles. The molecule has 32 heavy (non-hydrogen) atoms. The Morgan fingerprint density at radius 2 is 1.88 bits per heavy atom. The van der Waals surface area contributed by atoms with Crippen LogP contribution in [-0.4, -0.2) is 29.2 Å². The molecule has 0 fully saturated rings. The van der Waals surface area contributed by atoms with Crippen LogP contribution in [0.4, 0.5) is 11.5 Å². The van der Waals surface area contributed by atoms with Crippen molar-refractivity contribution in [2.45, 2.75) is 6.92 Å². The number of rotatable bonds is 6. The van der Waals surface area contributed by atoms with Crippen LogP contribution in [0.2, 0.25) is 0 Å². The van der Waals surface area contributed by atoms with Gasteiger partial charge in [-0.3, -0.25) is 4.99 Å². The van der Waals surface area contributed by atoms with Crippen molar-refractivity contribution >= 4 is 34.6 Å². The van der Waals surface area contributed by atoms with Crippen LogP contribution in [0.15, 0.2) is 83.2 Å². The molecule has 1 heterocycles. The molecule has 4 aromatic rings. The number of hydrogen-bond acceptors (Lipinski definition) is 6. The molecule has 1 aromatic heterocycles. The van der Waals surface area contributed by atoms with E-state index in [-0.39, 0.29) is 5.96 Å². The number of benzene rings is 3. The van der Waals surface area contributed by atoms with Gasteiger partial charge in [-0.05, 0) is 60.5 Å². The summed E-state index contributed by atoms with van der Waals surface area (Å²) in [6.07, 6.45) is 3.20. The second-order valence-electron chi connectivity index (χ2n) is 7.00. The van der Waals surface area contributed by atoms with Crippen molar-refractivity contribution in [3.63, 3.8) is 0 Å². The highest BCUT2D eigenvalue weighted by atomic mass is 16.5. The first-order valence-electron chi connectivity index (χ1n) is 9.99. The number of ether oxygens (including phenoxy) is 1. The van der Waals surface area contributed by atoms with Crippen molar-refractivity contribution in [3.8, 4) is 11.5 Å². The lowest BCUT2D eigenvalue weighted by Gasteiger charge is -2.12. The van der Waals surface area contributed by atoms with Crippen LogP contribution in [0.5, 0.6) is 11.5 Å². The molecule has 0 saturated heterocycles. The lowest BCUT2D eigenvalue weighted by atomic mass is 10.1. The molecule has 3 aromatic carbocycles. The third kappa shape index (κ3) is 4.99. The van der Waals surface area contributed by atoms with Crippen LogP contribution in [0.25, 0.3) is 10.9 Å². The van der Waals surface area contributed by atoms with E-state index in [1.165, 1.54) is 6.33 Å². The Hall–Kier alpha value is -4.46. The second-order valence-corrected chi connectivity index (χ2v) is 7.00. The number of anilines is 2. The van der Waals surface area contributed by atoms with Crippen LogP contribution >= 0.6 is 0 Å². The molecule has 4 rings (SSSR count). The first-order chi connectivity index (χ1) is 15.6. The molecule has 0 spiro atoms. The quantitative estimate of drug-likeness (QED) is 0.241. The van der Waals surface area contributed by atoms with Crippen LogP contribution < -0.4 is 21.2 Å². The van der Waals surface area contributed by atoms with Crippen LogP contribution in [-0.2, 0) is 0 Å². The largest absolute Gasteiger partial charge is 0.457 e. The smallest absolute Gasteiger partial charge is 0.209 e. The maximum atomic E-state index is 5.97. The van der Waals surface area contributed by atoms with E-state index in [4.69, 9.17) is 10.5 Å². The lowest BCUT2D eigenvalue weighted by Crippen LogP contribution is -2.26. The fourth-order valence-corrected chi connectivity index (χ4v) is 3.07. The Morgan fingerprint density at radius 3 is 2.66 bits per heavy atom. The van der Waals surface area contributed by atoms with Gasteiger partial charge in [0.05, 0.1) is 11.7 Å². The maximum absolute atomic E-state index is 5.97. The first kappa shape index (κ1) is 20.8. The summed E-state index contributed by atoms with van der Waals surface area (Å²) in [5, 5.41) is 8.34. The molecule has 0 amide bonds. The number of hydrazone groups is 1. The number of nitrogens with zero attached hydrogens (tertiary/aromatic N) is 4. The van der Waals surface area contributed by atoms with Crippen LogP contribution in [0.1, 0.15) is 11.1 Å². The molecule has 8 heteroatoms. The molecule has 0 aliphatic rings. The van der Waals surface area contributed by atoms with E-state index in [1.807, 2.05) is 73.7 Å². The molecule has 160 valence electrons. The lowest BCUT2D eigenvalue weighted by molar-refractivity contribution is 0.479. The first-order valence-corrected chi connectivity index (χ1v) is 9.99. The van der Waals surface area contributed by atoms with E-state index in [0.717, 1.165) is 39.2 Å². The van der Waals surface area contributed by atoms with Gasteiger partial charge in [0.25, 0.3) is 0 Å². The van der Waals surface area contributed by atoms with Gasteiger partial charge in [-0.2, -0.15) is 5.10 Å². The van der Waals surface area contributed by atoms with Gasteiger partial charge in [0.15, 0.2) is 0 Å². The molecule has 0 bridgehead atoms. The zero-order valence-corrected chi connectivity index (χ0v) is 17.8. The highest BCUT2D eigenvalue weighted by molar-refractivity contribution is 5.95. The van der Waals surface area contributed by atoms with Crippen molar-refractivity contribution in [1.29, 1.82) is 0 Å². The molecule has 0 saturated carbocycles. The zero-order valence-electron chi connectivity index (χ0n) is 17.8. The van der Waals surface area contributed by atoms with Gasteiger partial charge in [-0.1, -0.05) is 24.3 Å². The summed E-state index contributed by atoms with van der Waals surface area (Å²) in [5.41, 5.74) is 11.8. The average molecular weight is 425 g/mol. The van der Waals surface area contributed by atoms with Gasteiger partial charge in [0, 0.05) is 18.1 Å². The standard InChI is InChI=1S/C24H23N7O/c1-16-12-18(9-11-22(16)32-19-6-4-3-5-7-19)30-23-20-13-17(14-29-31-24(25)26-2)8-10-21(20)27-15-28-23/h3-15H,1-2H3,(H3,25,26,31)(H,27,28,30). The molecule has 0 atom stereocenters. The Kier molecular flexibility index (Phi) is 6.22. The molecule has 0 radical (unpaired) electrons. The number of guanidine groups is 1. The predicted molar refractivity (Wildman–Crippen MR) is 129 cm³/mol. The van der Waals surface area contributed by atoms with Gasteiger partial charge >= 0.3 is 0 Å². The topological polar surface area (TPSA) is 110 Å². The molecule has 8 nitrogen and oxygen atoms in total. The van der Waals surface area contributed by atoms with Crippen LogP contribution in [0, 0.1) is 6.92 Å². The van der Waals surface area contributed by atoms with Gasteiger partial charge in [0.2, 0.25) is 5.96 Å². The summed E-state index contributed by atoms with van der Waals surface area (Å²) in [6.45, 7) is 2.01. The molecular formula is C24H23N7O. The normalized spacial score (nSPS) is 11.6. The fourth-order valence-electron chi connectivity index (χ4n) is 3.07. The van der Waals surface area contributed by atoms with Crippen molar-refractivity contribution in [3.05, 3.63) is 84.2 Å². The number of aryl methyl sites for hydroxylation is 1. The molecular weight excluding hydrogens is 402 g/mol. The highest BCUT2D eigenvalue weighted by Gasteiger charge is 2.08. The third-order valence-corrected chi connectivity index (χ3v) is 4.70. The summed E-state index contributed by atoms with van der Waals surface area (Å²) >= 11 is 0. The van der Waals surface area contributed by atoms with E-state index < -0.39 is 0 Å². The number of nitrogens with one attached hydrogen (secondary N) is 2. The monoisotopic (exact) mass is 425 g/mol. The number of aliphatic imine (C=N–C) groups is 1. The number of fused-ring (bicyclic) bond motifs is 1. The Morgan fingerprint density at radius 1 is 1.03 bits per heavy atom. The van der Waals surface area contributed by atoms with Gasteiger partial charge in [-0.25, -0.2) is 15.4 Å². The predicted octanol–water partition coefficient (Wildman–Crippen LogP) is 4.34. The summed E-state index contributed by atoms with van der Waals surface area (Å²) in [7, 11) is 1.59. The number of hydrogen-bond donors (Lipinski definition) is 3. The van der Waals surface area contributed by atoms with E-state index in [2.05, 4.69) is 30.8 Å². The molecule has 0 aliphatic heterocycles. The Labute approximate surface area is 185 Å². The van der Waals surface area contributed by atoms with Crippen molar-refractivity contribution in [2.24, 2.45) is 15.8 Å². The van der Waals surface area contributed by atoms with Crippen molar-refractivity contribution in [2.75, 3.05) is 12.4 Å². The summed E-state index contributed by atoms with van der Waals surface area (Å²) in [4.78, 5) is 12.6. The second kappa shape index (κ2) is 9.57. The average Bonchev–Trinajstić information content (AvgIpc) is 2.82. The Bertz CT molecular complexity index is 1290. The molecule has 4 N–H and O–H groups in total. The van der Waals surface area contributed by atoms with Gasteiger partial charge in [-0.15, -0.1) is 0 Å². The third-order valence-electron chi connectivity index (χ3n) is 4.70. The van der Waals surface area contributed by atoms with Crippen molar-refractivity contribution in [1.82, 2.24) is 15.4 Å². The minimum atomic E-state index is 0.239. The minimum absolute atomic E-state index is 0.239. The minimum Gasteiger partial charge on any atom is -0.457 e. The van der Waals surface area contributed by atoms with E-state index >= 15 is 0 Å². The number of nitrogens with two attached hydrogens (primary N) is 1. The summed E-state index contributed by atoms with van der Waals surface area (Å²) < 4.78 is 5.97. The SMILES string of the molecule is CN=C(N)NN=Cc1ccc2ncnc(Nc3ccc(Oc4ccccc4)c(C)c3)c2c1. The maximum Gasteiger partial charge on any atom is 0.209 e. The van der Waals surface area contributed by atoms with E-state index in [9.17, 15) is 0 Å². The summed E-state index contributed by atoms with van der Waals surface area (Å²) in [6, 6.07) is 21.4. The number of para-hydroxylation sites is 1. The van der Waals surface area contributed by atoms with Crippen molar-refractivity contribution < 1.29 is 4.74 Å². The Balaban J connectivity index is 1.57. The number of aromatic nitrogens is 2.